The van der Waals surface area contributed by atoms with E-state index in [2.05, 4.69) is 34.0 Å². The van der Waals surface area contributed by atoms with Crippen molar-refractivity contribution in [3.05, 3.63) is 42.1 Å². The van der Waals surface area contributed by atoms with Crippen LogP contribution in [-0.2, 0) is 19.5 Å². The molecule has 0 saturated carbocycles. The molecule has 0 atom stereocenters. The molecule has 3 rings (SSSR count). The van der Waals surface area contributed by atoms with Crippen LogP contribution in [0.1, 0.15) is 18.1 Å². The number of hydrogen-bond acceptors (Lipinski definition) is 3. The predicted octanol–water partition coefficient (Wildman–Crippen LogP) is 1.47. The third-order valence-corrected chi connectivity index (χ3v) is 3.20. The Balaban J connectivity index is 1.81. The molecule has 6 nitrogen and oxygen atoms in total. The maximum absolute atomic E-state index is 9.06. The second-order valence-electron chi connectivity index (χ2n) is 4.38. The quantitative estimate of drug-likeness (QED) is 0.708. The molecule has 0 spiro atoms. The van der Waals surface area contributed by atoms with Gasteiger partial charge in [-0.05, 0) is 18.9 Å². The molecule has 3 aromatic rings. The average molecular weight is 254 g/mol. The Morgan fingerprint density at radius 3 is 2.89 bits per heavy atom. The van der Waals surface area contributed by atoms with E-state index >= 15 is 0 Å². The summed E-state index contributed by atoms with van der Waals surface area (Å²) in [6, 6.07) is 2.17. The normalized spacial score (nSPS) is 10.9. The lowest BCUT2D eigenvalue weighted by Gasteiger charge is -2.02. The second kappa shape index (κ2) is 4.61. The van der Waals surface area contributed by atoms with E-state index in [0.717, 1.165) is 25.2 Å². The highest BCUT2D eigenvalue weighted by molar-refractivity contribution is 5.55. The minimum absolute atomic E-state index is 0.606. The molecule has 0 unspecified atom stereocenters. The number of aryl methyl sites for hydroxylation is 3. The Bertz CT molecular complexity index is 739. The SMILES string of the molecule is CCn1cc(CCn2ccn3ncc(C#N)c23)cn1. The van der Waals surface area contributed by atoms with Crippen LogP contribution in [0.25, 0.3) is 5.65 Å². The van der Waals surface area contributed by atoms with Gasteiger partial charge in [-0.3, -0.25) is 4.68 Å². The summed E-state index contributed by atoms with van der Waals surface area (Å²) in [5.41, 5.74) is 2.66. The molecule has 0 aliphatic rings. The lowest BCUT2D eigenvalue weighted by atomic mass is 10.2. The molecule has 96 valence electrons. The average Bonchev–Trinajstić information content (AvgIpc) is 3.12. The summed E-state index contributed by atoms with van der Waals surface area (Å²) in [6.07, 6.45) is 10.3. The fraction of sp³-hybridized carbons (Fsp3) is 0.308. The molecule has 0 N–H and O–H groups in total. The Morgan fingerprint density at radius 1 is 1.26 bits per heavy atom. The third kappa shape index (κ3) is 1.99. The van der Waals surface area contributed by atoms with Crippen LogP contribution in [0.15, 0.2) is 31.0 Å². The van der Waals surface area contributed by atoms with Gasteiger partial charge in [-0.25, -0.2) is 4.52 Å². The summed E-state index contributed by atoms with van der Waals surface area (Å²) in [6.45, 7) is 3.76. The number of hydrogen-bond donors (Lipinski definition) is 0. The van der Waals surface area contributed by atoms with Crippen molar-refractivity contribution in [2.45, 2.75) is 26.4 Å². The van der Waals surface area contributed by atoms with E-state index in [1.165, 1.54) is 5.56 Å². The molecule has 6 heteroatoms. The van der Waals surface area contributed by atoms with Gasteiger partial charge in [0.1, 0.15) is 11.6 Å². The molecular weight excluding hydrogens is 240 g/mol. The summed E-state index contributed by atoms with van der Waals surface area (Å²) >= 11 is 0. The number of aromatic nitrogens is 5. The Labute approximate surface area is 110 Å². The molecule has 0 amide bonds. The van der Waals surface area contributed by atoms with E-state index in [1.54, 1.807) is 10.7 Å². The molecule has 0 aromatic carbocycles. The van der Waals surface area contributed by atoms with Crippen LogP contribution in [0.4, 0.5) is 0 Å². The van der Waals surface area contributed by atoms with E-state index < -0.39 is 0 Å². The van der Waals surface area contributed by atoms with Crippen LogP contribution in [0.5, 0.6) is 0 Å². The zero-order chi connectivity index (χ0) is 13.2. The fourth-order valence-electron chi connectivity index (χ4n) is 2.18. The molecular formula is C13H14N6. The fourth-order valence-corrected chi connectivity index (χ4v) is 2.18. The molecule has 0 radical (unpaired) electrons. The first-order valence-corrected chi connectivity index (χ1v) is 6.25. The zero-order valence-electron chi connectivity index (χ0n) is 10.7. The Hall–Kier alpha value is -2.55. The van der Waals surface area contributed by atoms with Crippen molar-refractivity contribution in [1.82, 2.24) is 24.0 Å². The van der Waals surface area contributed by atoms with Crippen LogP contribution >= 0.6 is 0 Å². The highest BCUT2D eigenvalue weighted by Gasteiger charge is 2.08. The highest BCUT2D eigenvalue weighted by Crippen LogP contribution is 2.12. The standard InChI is InChI=1S/C13H14N6/c1-2-18-10-11(8-15-18)3-4-17-5-6-19-13(17)12(7-14)9-16-19/h5-6,8-10H,2-4H2,1H3. The summed E-state index contributed by atoms with van der Waals surface area (Å²) in [7, 11) is 0. The van der Waals surface area contributed by atoms with Crippen molar-refractivity contribution < 1.29 is 0 Å². The number of fused-ring (bicyclic) bond motifs is 1. The van der Waals surface area contributed by atoms with Crippen molar-refractivity contribution in [1.29, 1.82) is 5.26 Å². The van der Waals surface area contributed by atoms with Gasteiger partial charge in [-0.15, -0.1) is 0 Å². The highest BCUT2D eigenvalue weighted by atomic mass is 15.3. The summed E-state index contributed by atoms with van der Waals surface area (Å²) in [5, 5.41) is 17.5. The predicted molar refractivity (Wildman–Crippen MR) is 69.5 cm³/mol. The molecule has 3 heterocycles. The molecule has 0 saturated heterocycles. The lowest BCUT2D eigenvalue weighted by molar-refractivity contribution is 0.657. The van der Waals surface area contributed by atoms with E-state index in [9.17, 15) is 0 Å². The van der Waals surface area contributed by atoms with Crippen LogP contribution in [0.2, 0.25) is 0 Å². The van der Waals surface area contributed by atoms with Crippen molar-refractivity contribution in [2.75, 3.05) is 0 Å². The molecule has 0 bridgehead atoms. The van der Waals surface area contributed by atoms with Gasteiger partial charge in [0.2, 0.25) is 0 Å². The molecule has 19 heavy (non-hydrogen) atoms. The van der Waals surface area contributed by atoms with Crippen LogP contribution in [0, 0.1) is 11.3 Å². The molecule has 0 aliphatic carbocycles. The molecule has 0 fully saturated rings. The van der Waals surface area contributed by atoms with Gasteiger partial charge in [-0.1, -0.05) is 0 Å². The number of rotatable bonds is 4. The largest absolute Gasteiger partial charge is 0.330 e. The van der Waals surface area contributed by atoms with Gasteiger partial charge in [-0.2, -0.15) is 15.5 Å². The maximum atomic E-state index is 9.06. The van der Waals surface area contributed by atoms with Crippen LogP contribution < -0.4 is 0 Å². The monoisotopic (exact) mass is 254 g/mol. The van der Waals surface area contributed by atoms with E-state index in [-0.39, 0.29) is 0 Å². The zero-order valence-corrected chi connectivity index (χ0v) is 10.7. The number of nitrogens with zero attached hydrogens (tertiary/aromatic N) is 6. The Morgan fingerprint density at radius 2 is 2.16 bits per heavy atom. The van der Waals surface area contributed by atoms with Crippen LogP contribution in [0.3, 0.4) is 0 Å². The first kappa shape index (κ1) is 11.5. The first-order chi connectivity index (χ1) is 9.31. The van der Waals surface area contributed by atoms with Crippen molar-refractivity contribution in [3.8, 4) is 6.07 Å². The van der Waals surface area contributed by atoms with Crippen LogP contribution in [-0.4, -0.2) is 24.0 Å². The topological polar surface area (TPSA) is 63.8 Å². The number of nitriles is 1. The smallest absolute Gasteiger partial charge is 0.153 e. The van der Waals surface area contributed by atoms with Crippen molar-refractivity contribution >= 4 is 5.65 Å². The minimum Gasteiger partial charge on any atom is -0.330 e. The molecule has 3 aromatic heterocycles. The van der Waals surface area contributed by atoms with Gasteiger partial charge in [0, 0.05) is 31.7 Å². The molecule has 0 aliphatic heterocycles. The van der Waals surface area contributed by atoms with Gasteiger partial charge in [0.25, 0.3) is 0 Å². The second-order valence-corrected chi connectivity index (χ2v) is 4.38. The minimum atomic E-state index is 0.606. The van der Waals surface area contributed by atoms with Gasteiger partial charge >= 0.3 is 0 Å². The first-order valence-electron chi connectivity index (χ1n) is 6.25. The third-order valence-electron chi connectivity index (χ3n) is 3.20. The van der Waals surface area contributed by atoms with E-state index in [1.807, 2.05) is 23.3 Å². The van der Waals surface area contributed by atoms with E-state index in [4.69, 9.17) is 5.26 Å². The van der Waals surface area contributed by atoms with Gasteiger partial charge < -0.3 is 4.57 Å². The lowest BCUT2D eigenvalue weighted by Crippen LogP contribution is -2.00. The van der Waals surface area contributed by atoms with Gasteiger partial charge in [0.05, 0.1) is 12.4 Å². The van der Waals surface area contributed by atoms with Crippen molar-refractivity contribution in [3.63, 3.8) is 0 Å². The van der Waals surface area contributed by atoms with E-state index in [0.29, 0.717) is 5.56 Å². The summed E-state index contributed by atoms with van der Waals surface area (Å²) in [5.74, 6) is 0. The maximum Gasteiger partial charge on any atom is 0.153 e. The summed E-state index contributed by atoms with van der Waals surface area (Å²) < 4.78 is 5.70. The Kier molecular flexibility index (Phi) is 2.80. The van der Waals surface area contributed by atoms with Gasteiger partial charge in [0.15, 0.2) is 5.65 Å². The van der Waals surface area contributed by atoms with Crippen molar-refractivity contribution in [2.24, 2.45) is 0 Å². The number of imidazole rings is 1. The summed E-state index contributed by atoms with van der Waals surface area (Å²) in [4.78, 5) is 0.